The van der Waals surface area contributed by atoms with Crippen LogP contribution in [0.2, 0.25) is 0 Å². The van der Waals surface area contributed by atoms with Crippen LogP contribution in [0.4, 0.5) is 17.1 Å². The predicted molar refractivity (Wildman–Crippen MR) is 202 cm³/mol. The highest BCUT2D eigenvalue weighted by molar-refractivity contribution is 7.25. The van der Waals surface area contributed by atoms with Crippen molar-refractivity contribution in [2.24, 2.45) is 0 Å². The molecule has 0 saturated heterocycles. The van der Waals surface area contributed by atoms with Crippen LogP contribution in [-0.4, -0.2) is 4.98 Å². The average molecular weight is 649 g/mol. The Labute approximate surface area is 282 Å². The summed E-state index contributed by atoms with van der Waals surface area (Å²) in [7, 11) is 0. The summed E-state index contributed by atoms with van der Waals surface area (Å²) in [6.07, 6.45) is 0. The minimum absolute atomic E-state index is 0.577. The van der Waals surface area contributed by atoms with Gasteiger partial charge < -0.3 is 18.2 Å². The molecule has 11 aromatic rings. The average Bonchev–Trinajstić information content (AvgIpc) is 3.92. The molecule has 0 N–H and O–H groups in total. The summed E-state index contributed by atoms with van der Waals surface area (Å²) in [6, 6.07) is 50.3. The third-order valence-electron chi connectivity index (χ3n) is 9.51. The summed E-state index contributed by atoms with van der Waals surface area (Å²) in [5.41, 5.74) is 8.70. The topological polar surface area (TPSA) is 55.6 Å². The highest BCUT2D eigenvalue weighted by Crippen LogP contribution is 2.46. The Balaban J connectivity index is 1.15. The number of fused-ring (bicyclic) bond motifs is 10. The SMILES string of the molecule is c1ccc2oc(-c3cccc4oc5cc(N(c6ccc7sc8ccccc8c7c6)c6cccc7c6oc6ccccc67)ccc5c34)nc2c1. The van der Waals surface area contributed by atoms with Crippen molar-refractivity contribution in [1.29, 1.82) is 0 Å². The summed E-state index contributed by atoms with van der Waals surface area (Å²) in [5, 5.41) is 6.63. The largest absolute Gasteiger partial charge is 0.456 e. The molecule has 4 heterocycles. The first-order valence-corrected chi connectivity index (χ1v) is 17.0. The van der Waals surface area contributed by atoms with Crippen LogP contribution in [0.1, 0.15) is 0 Å². The number of aromatic nitrogens is 1. The fraction of sp³-hybridized carbons (Fsp3) is 0. The lowest BCUT2D eigenvalue weighted by atomic mass is 10.0. The Morgan fingerprint density at radius 3 is 2.14 bits per heavy atom. The van der Waals surface area contributed by atoms with Gasteiger partial charge in [0.2, 0.25) is 5.89 Å². The van der Waals surface area contributed by atoms with Crippen molar-refractivity contribution in [1.82, 2.24) is 4.98 Å². The first-order valence-electron chi connectivity index (χ1n) is 16.2. The lowest BCUT2D eigenvalue weighted by Gasteiger charge is -2.25. The second kappa shape index (κ2) is 10.1. The van der Waals surface area contributed by atoms with E-state index in [1.807, 2.05) is 65.9 Å². The van der Waals surface area contributed by atoms with Crippen LogP contribution in [0.3, 0.4) is 0 Å². The molecule has 0 radical (unpaired) electrons. The van der Waals surface area contributed by atoms with E-state index in [0.717, 1.165) is 77.6 Å². The van der Waals surface area contributed by atoms with Gasteiger partial charge in [-0.3, -0.25) is 0 Å². The van der Waals surface area contributed by atoms with Gasteiger partial charge in [0.15, 0.2) is 11.2 Å². The van der Waals surface area contributed by atoms with Gasteiger partial charge in [-0.1, -0.05) is 66.7 Å². The molecule has 7 aromatic carbocycles. The third-order valence-corrected chi connectivity index (χ3v) is 10.7. The van der Waals surface area contributed by atoms with E-state index in [1.165, 1.54) is 20.2 Å². The van der Waals surface area contributed by atoms with E-state index in [9.17, 15) is 0 Å². The molecule has 0 atom stereocenters. The summed E-state index contributed by atoms with van der Waals surface area (Å²) in [4.78, 5) is 7.09. The molecule has 0 aliphatic carbocycles. The van der Waals surface area contributed by atoms with Crippen molar-refractivity contribution >= 4 is 104 Å². The molecule has 49 heavy (non-hydrogen) atoms. The molecular formula is C43H24N2O3S. The van der Waals surface area contributed by atoms with E-state index >= 15 is 0 Å². The molecule has 6 heteroatoms. The van der Waals surface area contributed by atoms with Crippen molar-refractivity contribution in [2.75, 3.05) is 4.90 Å². The molecular weight excluding hydrogens is 625 g/mol. The van der Waals surface area contributed by atoms with Gasteiger partial charge in [-0.05, 0) is 72.8 Å². The summed E-state index contributed by atoms with van der Waals surface area (Å²) in [5.74, 6) is 0.577. The standard InChI is InChI=1S/C43H24N2O3S/c1-4-15-35-27(9-1)29-11-7-14-34(42(29)47-35)45(25-20-22-40-32(23-25)28-10-2-6-18-39(28)49-40)26-19-21-30-38(24-26)46-37-17-8-12-31(41(30)37)43-44-33-13-3-5-16-36(33)48-43/h1-24H. The lowest BCUT2D eigenvalue weighted by molar-refractivity contribution is 0.620. The van der Waals surface area contributed by atoms with E-state index in [1.54, 1.807) is 0 Å². The second-order valence-electron chi connectivity index (χ2n) is 12.3. The van der Waals surface area contributed by atoms with Crippen LogP contribution in [0.5, 0.6) is 0 Å². The minimum atomic E-state index is 0.577. The highest BCUT2D eigenvalue weighted by Gasteiger charge is 2.23. The van der Waals surface area contributed by atoms with E-state index in [0.29, 0.717) is 5.89 Å². The van der Waals surface area contributed by atoms with Gasteiger partial charge in [-0.2, -0.15) is 0 Å². The van der Waals surface area contributed by atoms with Gasteiger partial charge in [-0.25, -0.2) is 4.98 Å². The Hall–Kier alpha value is -6.37. The molecule has 0 amide bonds. The van der Waals surface area contributed by atoms with Crippen LogP contribution < -0.4 is 4.90 Å². The normalized spacial score (nSPS) is 12.1. The maximum Gasteiger partial charge on any atom is 0.228 e. The third kappa shape index (κ3) is 3.95. The van der Waals surface area contributed by atoms with Gasteiger partial charge in [-0.15, -0.1) is 11.3 Å². The molecule has 5 nitrogen and oxygen atoms in total. The monoisotopic (exact) mass is 648 g/mol. The van der Waals surface area contributed by atoms with Crippen molar-refractivity contribution in [2.45, 2.75) is 0 Å². The number of oxazole rings is 1. The number of anilines is 3. The zero-order valence-corrected chi connectivity index (χ0v) is 26.7. The number of hydrogen-bond acceptors (Lipinski definition) is 6. The van der Waals surface area contributed by atoms with Gasteiger partial charge >= 0.3 is 0 Å². The Kier molecular flexibility index (Phi) is 5.48. The molecule has 0 unspecified atom stereocenters. The van der Waals surface area contributed by atoms with E-state index in [4.69, 9.17) is 18.2 Å². The predicted octanol–water partition coefficient (Wildman–Crippen LogP) is 13.1. The molecule has 0 aliphatic heterocycles. The molecule has 4 aromatic heterocycles. The van der Waals surface area contributed by atoms with Gasteiger partial charge in [0.25, 0.3) is 0 Å². The molecule has 0 bridgehead atoms. The number of para-hydroxylation sites is 4. The maximum absolute atomic E-state index is 6.59. The van der Waals surface area contributed by atoms with Crippen LogP contribution in [0.25, 0.3) is 86.6 Å². The number of benzene rings is 7. The van der Waals surface area contributed by atoms with Gasteiger partial charge in [0.1, 0.15) is 22.3 Å². The Morgan fingerprint density at radius 2 is 1.20 bits per heavy atom. The van der Waals surface area contributed by atoms with Crippen molar-refractivity contribution in [3.63, 3.8) is 0 Å². The minimum Gasteiger partial charge on any atom is -0.456 e. The molecule has 0 saturated carbocycles. The molecule has 0 spiro atoms. The fourth-order valence-corrected chi connectivity index (χ4v) is 8.39. The van der Waals surface area contributed by atoms with Crippen molar-refractivity contribution in [3.8, 4) is 11.5 Å². The maximum atomic E-state index is 6.59. The molecule has 0 aliphatic rings. The number of rotatable bonds is 4. The number of nitrogens with zero attached hydrogens (tertiary/aromatic N) is 2. The Bertz CT molecular complexity index is 3060. The zero-order chi connectivity index (χ0) is 32.1. The second-order valence-corrected chi connectivity index (χ2v) is 13.4. The van der Waals surface area contributed by atoms with E-state index in [2.05, 4.69) is 95.9 Å². The van der Waals surface area contributed by atoms with Crippen LogP contribution in [0.15, 0.2) is 159 Å². The number of thiophene rings is 1. The summed E-state index contributed by atoms with van der Waals surface area (Å²) in [6.45, 7) is 0. The van der Waals surface area contributed by atoms with Gasteiger partial charge in [0.05, 0.1) is 11.4 Å². The highest BCUT2D eigenvalue weighted by atomic mass is 32.1. The fourth-order valence-electron chi connectivity index (χ4n) is 7.31. The Morgan fingerprint density at radius 1 is 0.469 bits per heavy atom. The van der Waals surface area contributed by atoms with Crippen molar-refractivity contribution in [3.05, 3.63) is 146 Å². The van der Waals surface area contributed by atoms with E-state index in [-0.39, 0.29) is 0 Å². The summed E-state index contributed by atoms with van der Waals surface area (Å²) < 4.78 is 21.9. The van der Waals surface area contributed by atoms with Crippen LogP contribution in [0, 0.1) is 0 Å². The summed E-state index contributed by atoms with van der Waals surface area (Å²) >= 11 is 1.82. The zero-order valence-electron chi connectivity index (χ0n) is 25.9. The van der Waals surface area contributed by atoms with E-state index < -0.39 is 0 Å². The van der Waals surface area contributed by atoms with Crippen LogP contribution in [-0.2, 0) is 0 Å². The number of furan rings is 2. The molecule has 11 rings (SSSR count). The lowest BCUT2D eigenvalue weighted by Crippen LogP contribution is -2.10. The molecule has 0 fully saturated rings. The first kappa shape index (κ1) is 26.7. The molecule has 230 valence electrons. The van der Waals surface area contributed by atoms with Crippen molar-refractivity contribution < 1.29 is 13.3 Å². The number of hydrogen-bond donors (Lipinski definition) is 0. The van der Waals surface area contributed by atoms with Crippen LogP contribution >= 0.6 is 11.3 Å². The quantitative estimate of drug-likeness (QED) is 0.190. The van der Waals surface area contributed by atoms with Gasteiger partial charge in [0, 0.05) is 59.0 Å². The smallest absolute Gasteiger partial charge is 0.228 e. The first-order chi connectivity index (χ1) is 24.3.